The highest BCUT2D eigenvalue weighted by Crippen LogP contribution is 2.28. The fourth-order valence-corrected chi connectivity index (χ4v) is 1.96. The van der Waals surface area contributed by atoms with Crippen LogP contribution in [-0.2, 0) is 0 Å². The summed E-state index contributed by atoms with van der Waals surface area (Å²) in [4.78, 5) is 4.03. The van der Waals surface area contributed by atoms with Gasteiger partial charge in [0.2, 0.25) is 0 Å². The number of ether oxygens (including phenoxy) is 2. The zero-order valence-corrected chi connectivity index (χ0v) is 11.2. The topological polar surface area (TPSA) is 57.4 Å². The Hall–Kier alpha value is -2.07. The summed E-state index contributed by atoms with van der Waals surface area (Å²) in [6.45, 7) is 2.59. The fraction of sp³-hybridized carbons (Fsp3) is 0.267. The van der Waals surface area contributed by atoms with E-state index in [1.165, 1.54) is 0 Å². The second-order valence-corrected chi connectivity index (χ2v) is 4.10. The summed E-state index contributed by atoms with van der Waals surface area (Å²) in [5.41, 5.74) is 8.18. The Kier molecular flexibility index (Phi) is 4.36. The Bertz CT molecular complexity index is 543. The highest BCUT2D eigenvalue weighted by molar-refractivity contribution is 5.41. The minimum atomic E-state index is -0.265. The number of hydrogen-bond donors (Lipinski definition) is 1. The quantitative estimate of drug-likeness (QED) is 0.895. The minimum absolute atomic E-state index is 0.265. The molecule has 1 atom stereocenters. The number of nitrogens with two attached hydrogens (primary N) is 1. The first-order valence-corrected chi connectivity index (χ1v) is 6.22. The first-order chi connectivity index (χ1) is 9.26. The fourth-order valence-electron chi connectivity index (χ4n) is 1.96. The lowest BCUT2D eigenvalue weighted by Gasteiger charge is -2.16. The number of hydrogen-bond acceptors (Lipinski definition) is 4. The van der Waals surface area contributed by atoms with Crippen LogP contribution in [-0.4, -0.2) is 18.7 Å². The Morgan fingerprint density at radius 3 is 2.89 bits per heavy atom. The molecule has 1 aromatic heterocycles. The van der Waals surface area contributed by atoms with Crippen LogP contribution in [0.5, 0.6) is 11.5 Å². The lowest BCUT2D eigenvalue weighted by molar-refractivity contribution is 0.339. The van der Waals surface area contributed by atoms with Gasteiger partial charge < -0.3 is 15.2 Å². The van der Waals surface area contributed by atoms with E-state index >= 15 is 0 Å². The van der Waals surface area contributed by atoms with Crippen molar-refractivity contribution < 1.29 is 9.47 Å². The smallest absolute Gasteiger partial charge is 0.142 e. The van der Waals surface area contributed by atoms with Crippen LogP contribution in [0.15, 0.2) is 42.7 Å². The zero-order valence-electron chi connectivity index (χ0n) is 11.2. The minimum Gasteiger partial charge on any atom is -0.495 e. The normalized spacial score (nSPS) is 11.9. The van der Waals surface area contributed by atoms with E-state index in [2.05, 4.69) is 4.98 Å². The van der Waals surface area contributed by atoms with Gasteiger partial charge in [0.15, 0.2) is 0 Å². The monoisotopic (exact) mass is 258 g/mol. The molecular weight excluding hydrogens is 240 g/mol. The van der Waals surface area contributed by atoms with E-state index in [-0.39, 0.29) is 6.04 Å². The molecule has 0 bridgehead atoms. The summed E-state index contributed by atoms with van der Waals surface area (Å²) in [5, 5.41) is 0. The third-order valence-electron chi connectivity index (χ3n) is 2.90. The molecule has 0 saturated heterocycles. The van der Waals surface area contributed by atoms with Crippen molar-refractivity contribution in [3.63, 3.8) is 0 Å². The van der Waals surface area contributed by atoms with E-state index < -0.39 is 0 Å². The summed E-state index contributed by atoms with van der Waals surface area (Å²) in [5.74, 6) is 1.51. The van der Waals surface area contributed by atoms with Crippen molar-refractivity contribution in [1.29, 1.82) is 0 Å². The van der Waals surface area contributed by atoms with E-state index in [4.69, 9.17) is 15.2 Å². The standard InChI is InChI=1S/C15H18N2O2/c1-3-19-12-6-4-5-11(9-12)15(16)13-7-8-17-10-14(13)18-2/h4-10,15H,3,16H2,1-2H3. The largest absolute Gasteiger partial charge is 0.495 e. The Balaban J connectivity index is 2.32. The number of nitrogens with zero attached hydrogens (tertiary/aromatic N) is 1. The number of benzene rings is 1. The number of aromatic nitrogens is 1. The molecule has 1 aromatic carbocycles. The van der Waals surface area contributed by atoms with E-state index in [1.54, 1.807) is 19.5 Å². The van der Waals surface area contributed by atoms with Gasteiger partial charge in [-0.1, -0.05) is 12.1 Å². The molecule has 0 saturated carbocycles. The van der Waals surface area contributed by atoms with E-state index in [1.807, 2.05) is 37.3 Å². The van der Waals surface area contributed by atoms with Gasteiger partial charge in [0.25, 0.3) is 0 Å². The molecule has 0 spiro atoms. The van der Waals surface area contributed by atoms with Gasteiger partial charge in [-0.25, -0.2) is 0 Å². The molecule has 100 valence electrons. The van der Waals surface area contributed by atoms with E-state index in [0.717, 1.165) is 16.9 Å². The Morgan fingerprint density at radius 1 is 1.32 bits per heavy atom. The van der Waals surface area contributed by atoms with Crippen molar-refractivity contribution in [2.75, 3.05) is 13.7 Å². The average Bonchev–Trinajstić information content (AvgIpc) is 2.47. The van der Waals surface area contributed by atoms with Gasteiger partial charge in [-0.05, 0) is 30.7 Å². The van der Waals surface area contributed by atoms with Crippen LogP contribution in [0, 0.1) is 0 Å². The van der Waals surface area contributed by atoms with Crippen molar-refractivity contribution in [2.45, 2.75) is 13.0 Å². The van der Waals surface area contributed by atoms with Crippen LogP contribution in [0.4, 0.5) is 0 Å². The number of pyridine rings is 1. The lowest BCUT2D eigenvalue weighted by Crippen LogP contribution is -2.13. The molecule has 4 heteroatoms. The SMILES string of the molecule is CCOc1cccc(C(N)c2ccncc2OC)c1. The molecule has 2 rings (SSSR count). The maximum absolute atomic E-state index is 6.29. The van der Waals surface area contributed by atoms with Crippen molar-refractivity contribution in [3.05, 3.63) is 53.9 Å². The molecule has 0 aliphatic heterocycles. The first-order valence-electron chi connectivity index (χ1n) is 6.22. The Labute approximate surface area is 113 Å². The maximum Gasteiger partial charge on any atom is 0.142 e. The summed E-state index contributed by atoms with van der Waals surface area (Å²) >= 11 is 0. The molecule has 4 nitrogen and oxygen atoms in total. The highest BCUT2D eigenvalue weighted by Gasteiger charge is 2.14. The summed E-state index contributed by atoms with van der Waals surface area (Å²) in [6.07, 6.45) is 3.38. The predicted octanol–water partition coefficient (Wildman–Crippen LogP) is 2.54. The summed E-state index contributed by atoms with van der Waals surface area (Å²) in [6, 6.07) is 9.40. The van der Waals surface area contributed by atoms with Gasteiger partial charge in [-0.3, -0.25) is 4.98 Å². The van der Waals surface area contributed by atoms with Crippen LogP contribution in [0.1, 0.15) is 24.1 Å². The van der Waals surface area contributed by atoms with Crippen LogP contribution in [0.25, 0.3) is 0 Å². The van der Waals surface area contributed by atoms with E-state index in [9.17, 15) is 0 Å². The molecular formula is C15H18N2O2. The van der Waals surface area contributed by atoms with Crippen molar-refractivity contribution in [3.8, 4) is 11.5 Å². The molecule has 2 N–H and O–H groups in total. The summed E-state index contributed by atoms with van der Waals surface area (Å²) < 4.78 is 10.8. The van der Waals surface area contributed by atoms with Crippen LogP contribution in [0.3, 0.4) is 0 Å². The van der Waals surface area contributed by atoms with Gasteiger partial charge >= 0.3 is 0 Å². The molecule has 0 aliphatic rings. The van der Waals surface area contributed by atoms with Gasteiger partial charge in [0.1, 0.15) is 11.5 Å². The first kappa shape index (κ1) is 13.4. The van der Waals surface area contributed by atoms with Gasteiger partial charge in [0.05, 0.1) is 26.0 Å². The molecule has 0 radical (unpaired) electrons. The number of rotatable bonds is 5. The van der Waals surface area contributed by atoms with Gasteiger partial charge in [-0.15, -0.1) is 0 Å². The van der Waals surface area contributed by atoms with Gasteiger partial charge in [-0.2, -0.15) is 0 Å². The van der Waals surface area contributed by atoms with Crippen molar-refractivity contribution in [1.82, 2.24) is 4.98 Å². The number of methoxy groups -OCH3 is 1. The molecule has 0 aliphatic carbocycles. The molecule has 0 fully saturated rings. The second kappa shape index (κ2) is 6.20. The Morgan fingerprint density at radius 2 is 2.16 bits per heavy atom. The van der Waals surface area contributed by atoms with Crippen LogP contribution in [0.2, 0.25) is 0 Å². The average molecular weight is 258 g/mol. The molecule has 19 heavy (non-hydrogen) atoms. The predicted molar refractivity (Wildman–Crippen MR) is 74.4 cm³/mol. The molecule has 1 unspecified atom stereocenters. The van der Waals surface area contributed by atoms with Crippen LogP contribution < -0.4 is 15.2 Å². The van der Waals surface area contributed by atoms with Gasteiger partial charge in [0, 0.05) is 11.8 Å². The molecule has 1 heterocycles. The van der Waals surface area contributed by atoms with Crippen LogP contribution >= 0.6 is 0 Å². The van der Waals surface area contributed by atoms with E-state index in [0.29, 0.717) is 12.4 Å². The van der Waals surface area contributed by atoms with Crippen molar-refractivity contribution in [2.24, 2.45) is 5.73 Å². The lowest BCUT2D eigenvalue weighted by atomic mass is 10.00. The zero-order chi connectivity index (χ0) is 13.7. The third-order valence-corrected chi connectivity index (χ3v) is 2.90. The second-order valence-electron chi connectivity index (χ2n) is 4.10. The summed E-state index contributed by atoms with van der Waals surface area (Å²) in [7, 11) is 1.61. The third kappa shape index (κ3) is 3.03. The molecule has 2 aromatic rings. The molecule has 0 amide bonds. The van der Waals surface area contributed by atoms with Crippen molar-refractivity contribution >= 4 is 0 Å². The highest BCUT2D eigenvalue weighted by atomic mass is 16.5. The maximum atomic E-state index is 6.29.